The third-order valence-electron chi connectivity index (χ3n) is 5.04. The van der Waals surface area contributed by atoms with Crippen LogP contribution in [0.25, 0.3) is 11.0 Å². The second-order valence-electron chi connectivity index (χ2n) is 6.51. The predicted molar refractivity (Wildman–Crippen MR) is 95.1 cm³/mol. The first-order valence-electron chi connectivity index (χ1n) is 8.58. The van der Waals surface area contributed by atoms with Crippen LogP contribution in [0.3, 0.4) is 0 Å². The van der Waals surface area contributed by atoms with E-state index in [-0.39, 0.29) is 17.0 Å². The van der Waals surface area contributed by atoms with Crippen molar-refractivity contribution in [2.45, 2.75) is 18.8 Å². The first-order chi connectivity index (χ1) is 12.7. The minimum atomic E-state index is -0.509. The monoisotopic (exact) mass is 348 g/mol. The Morgan fingerprint density at radius 1 is 1.31 bits per heavy atom. The van der Waals surface area contributed by atoms with Crippen molar-refractivity contribution in [3.8, 4) is 6.07 Å². The van der Waals surface area contributed by atoms with E-state index >= 15 is 0 Å². The molecular formula is C20H17FN4O. The molecule has 0 unspecified atom stereocenters. The molecule has 1 saturated heterocycles. The van der Waals surface area contributed by atoms with Gasteiger partial charge in [0, 0.05) is 30.9 Å². The smallest absolute Gasteiger partial charge is 0.255 e. The minimum Gasteiger partial charge on any atom is -0.346 e. The van der Waals surface area contributed by atoms with Crippen molar-refractivity contribution in [1.29, 1.82) is 5.26 Å². The summed E-state index contributed by atoms with van der Waals surface area (Å²) in [6, 6.07) is 9.62. The van der Waals surface area contributed by atoms with Gasteiger partial charge < -0.3 is 9.88 Å². The Balaban J connectivity index is 1.50. The molecule has 1 aliphatic heterocycles. The number of pyridine rings is 1. The standard InChI is InChI=1S/C20H17FN4O/c21-15-3-4-16(14(10-15)11-22)20(26)25-8-5-13(6-9-25)18-12-24-19-17(18)2-1-7-23-19/h1-4,7,10,12-13H,5-6,8-9H2,(H,23,24). The zero-order valence-electron chi connectivity index (χ0n) is 14.1. The third-order valence-corrected chi connectivity index (χ3v) is 5.04. The van der Waals surface area contributed by atoms with Gasteiger partial charge in [-0.15, -0.1) is 0 Å². The van der Waals surface area contributed by atoms with Gasteiger partial charge in [0.2, 0.25) is 0 Å². The normalized spacial score (nSPS) is 15.2. The van der Waals surface area contributed by atoms with E-state index in [9.17, 15) is 9.18 Å². The summed E-state index contributed by atoms with van der Waals surface area (Å²) in [5, 5.41) is 10.3. The molecule has 4 rings (SSSR count). The lowest BCUT2D eigenvalue weighted by atomic mass is 9.89. The van der Waals surface area contributed by atoms with Gasteiger partial charge in [-0.05, 0) is 54.7 Å². The number of piperidine rings is 1. The molecule has 1 N–H and O–H groups in total. The molecule has 3 aromatic rings. The summed E-state index contributed by atoms with van der Waals surface area (Å²) in [5.41, 5.74) is 2.47. The average Bonchev–Trinajstić information content (AvgIpc) is 3.11. The molecule has 2 aromatic heterocycles. The van der Waals surface area contributed by atoms with Gasteiger partial charge in [-0.1, -0.05) is 0 Å². The summed E-state index contributed by atoms with van der Waals surface area (Å²) in [5.74, 6) is -0.356. The maximum Gasteiger partial charge on any atom is 0.255 e. The largest absolute Gasteiger partial charge is 0.346 e. The van der Waals surface area contributed by atoms with Gasteiger partial charge in [-0.25, -0.2) is 9.37 Å². The molecule has 1 aromatic carbocycles. The van der Waals surface area contributed by atoms with Crippen LogP contribution in [0.1, 0.15) is 40.2 Å². The number of rotatable bonds is 2. The van der Waals surface area contributed by atoms with Crippen LogP contribution in [0.5, 0.6) is 0 Å². The minimum absolute atomic E-state index is 0.0832. The highest BCUT2D eigenvalue weighted by atomic mass is 19.1. The summed E-state index contributed by atoms with van der Waals surface area (Å²) in [4.78, 5) is 22.0. The molecule has 6 heteroatoms. The number of nitrogens with zero attached hydrogens (tertiary/aromatic N) is 3. The van der Waals surface area contributed by atoms with Crippen LogP contribution < -0.4 is 0 Å². The molecule has 26 heavy (non-hydrogen) atoms. The average molecular weight is 348 g/mol. The van der Waals surface area contributed by atoms with Crippen LogP contribution in [0.15, 0.2) is 42.7 Å². The number of halogens is 1. The molecule has 5 nitrogen and oxygen atoms in total. The second kappa shape index (κ2) is 6.60. The van der Waals surface area contributed by atoms with Crippen molar-refractivity contribution in [2.24, 2.45) is 0 Å². The van der Waals surface area contributed by atoms with E-state index in [4.69, 9.17) is 5.26 Å². The highest BCUT2D eigenvalue weighted by molar-refractivity contribution is 5.96. The van der Waals surface area contributed by atoms with Crippen LogP contribution in [0.2, 0.25) is 0 Å². The van der Waals surface area contributed by atoms with E-state index in [1.165, 1.54) is 17.7 Å². The van der Waals surface area contributed by atoms with E-state index in [2.05, 4.69) is 16.0 Å². The number of nitrogens with one attached hydrogen (secondary N) is 1. The van der Waals surface area contributed by atoms with Crippen LogP contribution in [-0.4, -0.2) is 33.9 Å². The molecule has 0 radical (unpaired) electrons. The summed E-state index contributed by atoms with van der Waals surface area (Å²) in [6.45, 7) is 1.22. The number of amides is 1. The van der Waals surface area contributed by atoms with Gasteiger partial charge in [0.1, 0.15) is 17.5 Å². The van der Waals surface area contributed by atoms with Crippen LogP contribution in [0.4, 0.5) is 4.39 Å². The summed E-state index contributed by atoms with van der Waals surface area (Å²) >= 11 is 0. The zero-order valence-corrected chi connectivity index (χ0v) is 14.1. The molecule has 0 aliphatic carbocycles. The van der Waals surface area contributed by atoms with E-state index < -0.39 is 5.82 Å². The van der Waals surface area contributed by atoms with Crippen LogP contribution in [0, 0.1) is 17.1 Å². The highest BCUT2D eigenvalue weighted by Gasteiger charge is 2.27. The van der Waals surface area contributed by atoms with Gasteiger partial charge >= 0.3 is 0 Å². The predicted octanol–water partition coefficient (Wildman–Crippen LogP) is 3.59. The maximum atomic E-state index is 13.3. The van der Waals surface area contributed by atoms with Crippen molar-refractivity contribution < 1.29 is 9.18 Å². The quantitative estimate of drug-likeness (QED) is 0.769. The topological polar surface area (TPSA) is 72.8 Å². The second-order valence-corrected chi connectivity index (χ2v) is 6.51. The van der Waals surface area contributed by atoms with Crippen LogP contribution >= 0.6 is 0 Å². The zero-order chi connectivity index (χ0) is 18.1. The number of nitriles is 1. The number of aromatic nitrogens is 2. The van der Waals surface area contributed by atoms with Gasteiger partial charge in [0.15, 0.2) is 0 Å². The maximum absolute atomic E-state index is 13.3. The fraction of sp³-hybridized carbons (Fsp3) is 0.250. The number of fused-ring (bicyclic) bond motifs is 1. The Morgan fingerprint density at radius 3 is 2.88 bits per heavy atom. The Bertz CT molecular complexity index is 1010. The summed E-state index contributed by atoms with van der Waals surface area (Å²) in [6.07, 6.45) is 5.46. The van der Waals surface area contributed by atoms with Crippen molar-refractivity contribution >= 4 is 16.9 Å². The Labute approximate surface area is 150 Å². The lowest BCUT2D eigenvalue weighted by Crippen LogP contribution is -2.38. The van der Waals surface area contributed by atoms with Crippen molar-refractivity contribution in [3.05, 3.63) is 65.2 Å². The fourth-order valence-electron chi connectivity index (χ4n) is 3.67. The number of carbonyl (C=O) groups excluding carboxylic acids is 1. The molecule has 0 bridgehead atoms. The number of benzene rings is 1. The summed E-state index contributed by atoms with van der Waals surface area (Å²) < 4.78 is 13.3. The van der Waals surface area contributed by atoms with Crippen LogP contribution in [-0.2, 0) is 0 Å². The first-order valence-corrected chi connectivity index (χ1v) is 8.58. The molecule has 130 valence electrons. The van der Waals surface area contributed by atoms with E-state index in [1.54, 1.807) is 11.1 Å². The van der Waals surface area contributed by atoms with E-state index in [0.29, 0.717) is 19.0 Å². The van der Waals surface area contributed by atoms with Crippen molar-refractivity contribution in [1.82, 2.24) is 14.9 Å². The molecule has 3 heterocycles. The molecule has 1 amide bonds. The third kappa shape index (κ3) is 2.82. The van der Waals surface area contributed by atoms with Crippen molar-refractivity contribution in [3.63, 3.8) is 0 Å². The molecule has 1 fully saturated rings. The van der Waals surface area contributed by atoms with E-state index in [0.717, 1.165) is 29.9 Å². The van der Waals surface area contributed by atoms with Gasteiger partial charge in [-0.2, -0.15) is 5.26 Å². The van der Waals surface area contributed by atoms with Gasteiger partial charge in [-0.3, -0.25) is 4.79 Å². The number of likely N-dealkylation sites (tertiary alicyclic amines) is 1. The number of carbonyl (C=O) groups is 1. The molecular weight excluding hydrogens is 331 g/mol. The van der Waals surface area contributed by atoms with E-state index in [1.807, 2.05) is 18.3 Å². The van der Waals surface area contributed by atoms with Gasteiger partial charge in [0.25, 0.3) is 5.91 Å². The SMILES string of the molecule is N#Cc1cc(F)ccc1C(=O)N1CCC(c2c[nH]c3ncccc23)CC1. The number of aromatic amines is 1. The number of hydrogen-bond acceptors (Lipinski definition) is 3. The Kier molecular flexibility index (Phi) is 4.13. The fourth-order valence-corrected chi connectivity index (χ4v) is 3.67. The molecule has 0 atom stereocenters. The number of hydrogen-bond donors (Lipinski definition) is 1. The Hall–Kier alpha value is -3.20. The first kappa shape index (κ1) is 16.3. The lowest BCUT2D eigenvalue weighted by molar-refractivity contribution is 0.0713. The molecule has 1 aliphatic rings. The molecule has 0 saturated carbocycles. The Morgan fingerprint density at radius 2 is 2.12 bits per heavy atom. The number of H-pyrrole nitrogens is 1. The van der Waals surface area contributed by atoms with Gasteiger partial charge in [0.05, 0.1) is 11.1 Å². The molecule has 0 spiro atoms. The summed E-state index contributed by atoms with van der Waals surface area (Å²) in [7, 11) is 0. The van der Waals surface area contributed by atoms with Crippen molar-refractivity contribution in [2.75, 3.05) is 13.1 Å². The lowest BCUT2D eigenvalue weighted by Gasteiger charge is -2.32. The highest BCUT2D eigenvalue weighted by Crippen LogP contribution is 2.33.